The number of benzene rings is 3. The average Bonchev–Trinajstić information content (AvgIpc) is 3.86. The second kappa shape index (κ2) is 19.7. The van der Waals surface area contributed by atoms with Crippen LogP contribution in [-0.2, 0) is 14.3 Å². The Balaban J connectivity index is 0.000000153. The Bertz CT molecular complexity index is 3150. The molecule has 2 saturated carbocycles. The number of nitrogen functional groups attached to an aromatic ring is 2. The molecule has 0 bridgehead atoms. The van der Waals surface area contributed by atoms with E-state index in [1.165, 1.54) is 6.20 Å². The van der Waals surface area contributed by atoms with E-state index in [1.54, 1.807) is 49.8 Å². The molecule has 4 heterocycles. The van der Waals surface area contributed by atoms with Gasteiger partial charge in [-0.1, -0.05) is 40.9 Å². The number of H-pyrrole nitrogens is 1. The molecule has 13 nitrogen and oxygen atoms in total. The second-order valence-corrected chi connectivity index (χ2v) is 20.5. The van der Waals surface area contributed by atoms with Crippen LogP contribution >= 0.6 is 23.2 Å². The van der Waals surface area contributed by atoms with E-state index in [0.29, 0.717) is 64.5 Å². The molecule has 0 unspecified atom stereocenters. The molecule has 4 aromatic heterocycles. The van der Waals surface area contributed by atoms with Crippen molar-refractivity contribution in [3.63, 3.8) is 0 Å². The minimum absolute atomic E-state index is 0.190. The minimum Gasteiger partial charge on any atom is -0.396 e. The molecule has 7 aromatic rings. The van der Waals surface area contributed by atoms with Crippen LogP contribution in [0.5, 0.6) is 0 Å². The lowest BCUT2D eigenvalue weighted by Gasteiger charge is -2.34. The zero-order valence-corrected chi connectivity index (χ0v) is 40.4. The standard InChI is InChI=1S/C22H23ClN4O.C15H11ClN4.C14H20O4S/c1-13-8-20-15(9-19(13)25-3)17(16-10-26-11-18(24)21(16)23)12-27(20)14-4-6-22(2,28)7-5-14;1-8-3-14-9(4-13(8)18-2)10(6-20-14)11-5-19-7-12(17)15(11)16;1-11-3-5-13(6-4-11)19(16,17)18-12-7-9-14(2,15)10-8-12/h8-12,14,28H,4-7,24H2,1-2H3;3-7,20H,17H2,1H3;3-6,12,15H,7-10H2,1-2H3. The van der Waals surface area contributed by atoms with E-state index in [9.17, 15) is 18.6 Å². The molecular formula is C51H54Cl2N8O5S. The van der Waals surface area contributed by atoms with E-state index in [2.05, 4.69) is 41.5 Å². The van der Waals surface area contributed by atoms with Gasteiger partial charge in [-0.3, -0.25) is 14.2 Å². The molecule has 0 aliphatic heterocycles. The highest BCUT2D eigenvalue weighted by atomic mass is 35.5. The van der Waals surface area contributed by atoms with Gasteiger partial charge >= 0.3 is 0 Å². The predicted molar refractivity (Wildman–Crippen MR) is 268 cm³/mol. The van der Waals surface area contributed by atoms with Crippen LogP contribution in [0, 0.1) is 33.9 Å². The van der Waals surface area contributed by atoms with Gasteiger partial charge in [0.25, 0.3) is 10.1 Å². The van der Waals surface area contributed by atoms with E-state index < -0.39 is 21.3 Å². The maximum Gasteiger partial charge on any atom is 0.297 e. The van der Waals surface area contributed by atoms with Gasteiger partial charge in [0, 0.05) is 64.1 Å². The van der Waals surface area contributed by atoms with Crippen LogP contribution in [0.25, 0.3) is 53.7 Å². The lowest BCUT2D eigenvalue weighted by Crippen LogP contribution is -2.34. The smallest absolute Gasteiger partial charge is 0.297 e. The van der Waals surface area contributed by atoms with Crippen LogP contribution in [0.1, 0.15) is 87.9 Å². The third kappa shape index (κ3) is 10.9. The Labute approximate surface area is 401 Å². The molecule has 3 aromatic carbocycles. The Hall–Kier alpha value is -5.97. The first-order valence-corrected chi connectivity index (χ1v) is 24.1. The first kappa shape index (κ1) is 48.9. The molecule has 0 spiro atoms. The summed E-state index contributed by atoms with van der Waals surface area (Å²) in [4.78, 5) is 18.9. The topological polar surface area (TPSA) is 191 Å². The summed E-state index contributed by atoms with van der Waals surface area (Å²) in [5, 5.41) is 23.0. The minimum atomic E-state index is -3.70. The summed E-state index contributed by atoms with van der Waals surface area (Å²) in [5.74, 6) is 0. The molecule has 2 aliphatic carbocycles. The van der Waals surface area contributed by atoms with Crippen molar-refractivity contribution in [2.75, 3.05) is 11.5 Å². The highest BCUT2D eigenvalue weighted by Gasteiger charge is 2.33. The van der Waals surface area contributed by atoms with Crippen molar-refractivity contribution in [2.45, 2.75) is 114 Å². The predicted octanol–water partition coefficient (Wildman–Crippen LogP) is 12.4. The van der Waals surface area contributed by atoms with Gasteiger partial charge in [-0.15, -0.1) is 0 Å². The number of hydrogen-bond acceptors (Lipinski definition) is 9. The van der Waals surface area contributed by atoms with Crippen LogP contribution in [-0.4, -0.2) is 55.5 Å². The molecular weight excluding hydrogens is 908 g/mol. The first-order chi connectivity index (χ1) is 31.7. The number of anilines is 2. The molecule has 67 heavy (non-hydrogen) atoms. The second-order valence-electron chi connectivity index (χ2n) is 18.2. The van der Waals surface area contributed by atoms with Gasteiger partial charge in [0.15, 0.2) is 11.4 Å². The van der Waals surface area contributed by atoms with Crippen LogP contribution in [0.3, 0.4) is 0 Å². The number of aromatic amines is 1. The van der Waals surface area contributed by atoms with E-state index in [0.717, 1.165) is 86.4 Å². The van der Waals surface area contributed by atoms with Crippen molar-refractivity contribution in [3.8, 4) is 22.3 Å². The summed E-state index contributed by atoms with van der Waals surface area (Å²) in [6.45, 7) is 24.2. The van der Waals surface area contributed by atoms with Crippen LogP contribution in [0.15, 0.2) is 90.6 Å². The molecule has 0 atom stereocenters. The van der Waals surface area contributed by atoms with Gasteiger partial charge in [0.05, 0.1) is 69.2 Å². The molecule has 0 radical (unpaired) electrons. The summed E-state index contributed by atoms with van der Waals surface area (Å²) in [7, 11) is -3.70. The van der Waals surface area contributed by atoms with Gasteiger partial charge in [-0.05, 0) is 144 Å². The van der Waals surface area contributed by atoms with Crippen LogP contribution < -0.4 is 11.5 Å². The number of nitrogens with two attached hydrogens (primary N) is 2. The number of halogens is 2. The van der Waals surface area contributed by atoms with Crippen molar-refractivity contribution in [3.05, 3.63) is 135 Å². The summed E-state index contributed by atoms with van der Waals surface area (Å²) in [5.41, 5.74) is 20.9. The number of hydrogen-bond donors (Lipinski definition) is 5. The Morgan fingerprint density at radius 1 is 0.746 bits per heavy atom. The summed E-state index contributed by atoms with van der Waals surface area (Å²) < 4.78 is 31.7. The highest BCUT2D eigenvalue weighted by Crippen LogP contribution is 2.44. The maximum atomic E-state index is 12.1. The third-order valence-corrected chi connectivity index (χ3v) is 15.0. The van der Waals surface area contributed by atoms with Crippen molar-refractivity contribution in [2.24, 2.45) is 0 Å². The molecule has 2 aliphatic rings. The van der Waals surface area contributed by atoms with Crippen molar-refractivity contribution < 1.29 is 22.8 Å². The van der Waals surface area contributed by atoms with E-state index in [4.69, 9.17) is 52.0 Å². The van der Waals surface area contributed by atoms with E-state index >= 15 is 0 Å². The number of nitrogens with one attached hydrogen (secondary N) is 1. The molecule has 0 saturated heterocycles. The molecule has 7 N–H and O–H groups in total. The molecule has 2 fully saturated rings. The number of aryl methyl sites for hydroxylation is 3. The van der Waals surface area contributed by atoms with Gasteiger partial charge in [-0.2, -0.15) is 8.42 Å². The molecule has 0 amide bonds. The van der Waals surface area contributed by atoms with Gasteiger partial charge in [0.2, 0.25) is 0 Å². The average molecular weight is 962 g/mol. The van der Waals surface area contributed by atoms with Crippen LogP contribution in [0.2, 0.25) is 10.0 Å². The SMILES string of the molecule is Cc1ccc(S(=O)(=O)OC2CCC(C)(O)CC2)cc1.[C-]#[N+]c1cc2c(-c3cncc(N)c3Cl)c[nH]c2cc1C.[C-]#[N+]c1cc2c(-c3cncc(N)c3Cl)cn(C3CCC(C)(O)CC3)c2cc1C. The zero-order chi connectivity index (χ0) is 48.4. The van der Waals surface area contributed by atoms with Gasteiger partial charge in [-0.25, -0.2) is 9.69 Å². The Morgan fingerprint density at radius 3 is 1.81 bits per heavy atom. The summed E-state index contributed by atoms with van der Waals surface area (Å²) in [6, 6.07) is 14.7. The Kier molecular flexibility index (Phi) is 14.4. The fourth-order valence-electron chi connectivity index (χ4n) is 8.68. The fraction of sp³-hybridized carbons (Fsp3) is 0.333. The first-order valence-electron chi connectivity index (χ1n) is 22.0. The monoisotopic (exact) mass is 960 g/mol. The largest absolute Gasteiger partial charge is 0.396 e. The van der Waals surface area contributed by atoms with Crippen molar-refractivity contribution in [1.82, 2.24) is 19.5 Å². The number of aromatic nitrogens is 4. The van der Waals surface area contributed by atoms with E-state index in [1.807, 2.05) is 52.1 Å². The van der Waals surface area contributed by atoms with Crippen LogP contribution in [0.4, 0.5) is 22.7 Å². The van der Waals surface area contributed by atoms with Gasteiger partial charge in [0.1, 0.15) is 0 Å². The number of rotatable bonds is 6. The summed E-state index contributed by atoms with van der Waals surface area (Å²) >= 11 is 12.7. The van der Waals surface area contributed by atoms with Gasteiger partial charge < -0.3 is 31.2 Å². The molecule has 9 rings (SSSR count). The van der Waals surface area contributed by atoms with Crippen molar-refractivity contribution in [1.29, 1.82) is 0 Å². The van der Waals surface area contributed by atoms with Crippen molar-refractivity contribution >= 4 is 77.9 Å². The summed E-state index contributed by atoms with van der Waals surface area (Å²) in [6.07, 6.45) is 15.7. The fourth-order valence-corrected chi connectivity index (χ4v) is 10.2. The molecule has 16 heteroatoms. The normalized spacial score (nSPS) is 20.5. The van der Waals surface area contributed by atoms with E-state index in [-0.39, 0.29) is 11.0 Å². The lowest BCUT2D eigenvalue weighted by atomic mass is 9.83. The maximum absolute atomic E-state index is 12.1. The lowest BCUT2D eigenvalue weighted by molar-refractivity contribution is -0.00950. The third-order valence-electron chi connectivity index (χ3n) is 12.8. The zero-order valence-electron chi connectivity index (χ0n) is 38.1. The Morgan fingerprint density at radius 2 is 1.25 bits per heavy atom. The number of nitrogens with zero attached hydrogens (tertiary/aromatic N) is 5. The quantitative estimate of drug-likeness (QED) is 0.0797. The number of fused-ring (bicyclic) bond motifs is 2. The number of aliphatic hydroxyl groups is 2. The molecule has 348 valence electrons. The number of pyridine rings is 2. The highest BCUT2D eigenvalue weighted by molar-refractivity contribution is 7.86.